The van der Waals surface area contributed by atoms with Gasteiger partial charge in [-0.25, -0.2) is 0 Å². The number of carbonyl (C=O) groups excluding carboxylic acids is 1. The lowest BCUT2D eigenvalue weighted by atomic mass is 10.1. The molecule has 0 spiro atoms. The molecule has 1 aromatic rings. The number of rotatable bonds is 4. The maximum absolute atomic E-state index is 11.8. The molecular formula is C14H18ClNO2. The summed E-state index contributed by atoms with van der Waals surface area (Å²) in [5.41, 5.74) is 0.920. The maximum Gasteiger partial charge on any atom is 0.227 e. The monoisotopic (exact) mass is 267 g/mol. The molecule has 1 unspecified atom stereocenters. The number of nitrogens with zero attached hydrogens (tertiary/aromatic N) is 1. The molecule has 18 heavy (non-hydrogen) atoms. The number of alkyl halides is 1. The van der Waals surface area contributed by atoms with Crippen molar-refractivity contribution in [3.8, 4) is 5.75 Å². The average molecular weight is 268 g/mol. The van der Waals surface area contributed by atoms with E-state index in [9.17, 15) is 4.79 Å². The lowest BCUT2D eigenvalue weighted by Gasteiger charge is -2.17. The van der Waals surface area contributed by atoms with Gasteiger partial charge in [-0.2, -0.15) is 0 Å². The number of hydrogen-bond donors (Lipinski definition) is 0. The molecule has 0 aromatic heterocycles. The van der Waals surface area contributed by atoms with Gasteiger partial charge in [-0.3, -0.25) is 4.79 Å². The first-order valence-corrected chi connectivity index (χ1v) is 6.76. The summed E-state index contributed by atoms with van der Waals surface area (Å²) in [5.74, 6) is 1.79. The number of anilines is 1. The minimum Gasteiger partial charge on any atom is -0.491 e. The van der Waals surface area contributed by atoms with E-state index in [1.54, 1.807) is 4.90 Å². The lowest BCUT2D eigenvalue weighted by molar-refractivity contribution is -0.117. The Morgan fingerprint density at radius 1 is 1.39 bits per heavy atom. The molecule has 0 radical (unpaired) electrons. The summed E-state index contributed by atoms with van der Waals surface area (Å²) in [6.07, 6.45) is 0.707. The highest BCUT2D eigenvalue weighted by Gasteiger charge is 2.29. The van der Waals surface area contributed by atoms with Gasteiger partial charge in [-0.15, -0.1) is 11.6 Å². The second-order valence-corrected chi connectivity index (χ2v) is 5.20. The summed E-state index contributed by atoms with van der Waals surface area (Å²) in [7, 11) is 0. The number of carbonyl (C=O) groups is 1. The van der Waals surface area contributed by atoms with E-state index < -0.39 is 0 Å². The second-order valence-electron chi connectivity index (χ2n) is 4.89. The predicted octanol–water partition coefficient (Wildman–Crippen LogP) is 3.07. The fourth-order valence-electron chi connectivity index (χ4n) is 2.11. The first-order chi connectivity index (χ1) is 8.60. The van der Waals surface area contributed by atoms with Crippen LogP contribution < -0.4 is 9.64 Å². The third-order valence-corrected chi connectivity index (χ3v) is 3.38. The SMILES string of the molecule is CC(C)Oc1ccc(N2CC(CCl)CC2=O)cc1. The topological polar surface area (TPSA) is 29.5 Å². The Labute approximate surface area is 113 Å². The summed E-state index contributed by atoms with van der Waals surface area (Å²) in [5, 5.41) is 0. The molecule has 3 nitrogen and oxygen atoms in total. The molecule has 98 valence electrons. The molecule has 0 N–H and O–H groups in total. The van der Waals surface area contributed by atoms with Crippen molar-refractivity contribution in [1.29, 1.82) is 0 Å². The van der Waals surface area contributed by atoms with Crippen molar-refractivity contribution in [3.63, 3.8) is 0 Å². The van der Waals surface area contributed by atoms with E-state index in [1.807, 2.05) is 38.1 Å². The summed E-state index contributed by atoms with van der Waals surface area (Å²) in [6.45, 7) is 4.69. The highest BCUT2D eigenvalue weighted by atomic mass is 35.5. The summed E-state index contributed by atoms with van der Waals surface area (Å²) >= 11 is 5.81. The lowest BCUT2D eigenvalue weighted by Crippen LogP contribution is -2.24. The number of hydrogen-bond acceptors (Lipinski definition) is 2. The Morgan fingerprint density at radius 3 is 2.56 bits per heavy atom. The van der Waals surface area contributed by atoms with E-state index in [0.717, 1.165) is 11.4 Å². The zero-order valence-electron chi connectivity index (χ0n) is 10.7. The van der Waals surface area contributed by atoms with Gasteiger partial charge in [0, 0.05) is 24.5 Å². The average Bonchev–Trinajstić information content (AvgIpc) is 2.71. The van der Waals surface area contributed by atoms with E-state index in [0.29, 0.717) is 18.8 Å². The van der Waals surface area contributed by atoms with Crippen molar-refractivity contribution in [2.45, 2.75) is 26.4 Å². The molecule has 1 heterocycles. The van der Waals surface area contributed by atoms with Gasteiger partial charge >= 0.3 is 0 Å². The van der Waals surface area contributed by atoms with Crippen molar-refractivity contribution in [1.82, 2.24) is 0 Å². The third-order valence-electron chi connectivity index (χ3n) is 2.94. The van der Waals surface area contributed by atoms with Gasteiger partial charge in [-0.1, -0.05) is 0 Å². The molecule has 1 atom stereocenters. The van der Waals surface area contributed by atoms with E-state index >= 15 is 0 Å². The van der Waals surface area contributed by atoms with Crippen LogP contribution >= 0.6 is 11.6 Å². The number of ether oxygens (including phenoxy) is 1. The molecule has 2 rings (SSSR count). The Hall–Kier alpha value is -1.22. The predicted molar refractivity (Wildman–Crippen MR) is 73.4 cm³/mol. The molecule has 1 amide bonds. The molecule has 0 aliphatic carbocycles. The standard InChI is InChI=1S/C14H18ClNO2/c1-10(2)18-13-5-3-12(4-6-13)16-9-11(8-15)7-14(16)17/h3-6,10-11H,7-9H2,1-2H3. The van der Waals surface area contributed by atoms with Crippen molar-refractivity contribution in [2.75, 3.05) is 17.3 Å². The van der Waals surface area contributed by atoms with E-state index in [2.05, 4.69) is 0 Å². The Morgan fingerprint density at radius 2 is 2.06 bits per heavy atom. The van der Waals surface area contributed by atoms with Crippen LogP contribution in [0.5, 0.6) is 5.75 Å². The normalized spacial score (nSPS) is 19.7. The Bertz CT molecular complexity index is 416. The van der Waals surface area contributed by atoms with Gasteiger partial charge in [0.05, 0.1) is 6.10 Å². The minimum absolute atomic E-state index is 0.151. The summed E-state index contributed by atoms with van der Waals surface area (Å²) in [4.78, 5) is 13.6. The van der Waals surface area contributed by atoms with Crippen LogP contribution in [-0.4, -0.2) is 24.4 Å². The van der Waals surface area contributed by atoms with Crippen LogP contribution in [0.1, 0.15) is 20.3 Å². The third kappa shape index (κ3) is 2.96. The van der Waals surface area contributed by atoms with Crippen LogP contribution in [0.15, 0.2) is 24.3 Å². The molecule has 1 fully saturated rings. The van der Waals surface area contributed by atoms with Gasteiger partial charge in [0.2, 0.25) is 5.91 Å². The highest BCUT2D eigenvalue weighted by molar-refractivity contribution is 6.18. The van der Waals surface area contributed by atoms with Crippen molar-refractivity contribution >= 4 is 23.2 Å². The molecule has 1 aromatic carbocycles. The minimum atomic E-state index is 0.151. The number of halogens is 1. The molecule has 0 saturated carbocycles. The van der Waals surface area contributed by atoms with Crippen LogP contribution in [0.3, 0.4) is 0 Å². The van der Waals surface area contributed by atoms with Gasteiger partial charge in [0.1, 0.15) is 5.75 Å². The van der Waals surface area contributed by atoms with Crippen LogP contribution in [0, 0.1) is 5.92 Å². The zero-order chi connectivity index (χ0) is 13.1. The van der Waals surface area contributed by atoms with Crippen LogP contribution in [0.2, 0.25) is 0 Å². The van der Waals surface area contributed by atoms with Crippen LogP contribution in [-0.2, 0) is 4.79 Å². The van der Waals surface area contributed by atoms with Gasteiger partial charge in [-0.05, 0) is 44.0 Å². The first-order valence-electron chi connectivity index (χ1n) is 6.23. The maximum atomic E-state index is 11.8. The van der Waals surface area contributed by atoms with E-state index in [-0.39, 0.29) is 17.9 Å². The fourth-order valence-corrected chi connectivity index (χ4v) is 2.32. The van der Waals surface area contributed by atoms with Crippen molar-refractivity contribution in [3.05, 3.63) is 24.3 Å². The fraction of sp³-hybridized carbons (Fsp3) is 0.500. The van der Waals surface area contributed by atoms with Gasteiger partial charge in [0.15, 0.2) is 0 Å². The van der Waals surface area contributed by atoms with Crippen molar-refractivity contribution in [2.24, 2.45) is 5.92 Å². The van der Waals surface area contributed by atoms with Crippen LogP contribution in [0.4, 0.5) is 5.69 Å². The first kappa shape index (κ1) is 13.2. The smallest absolute Gasteiger partial charge is 0.227 e. The van der Waals surface area contributed by atoms with Crippen molar-refractivity contribution < 1.29 is 9.53 Å². The van der Waals surface area contributed by atoms with Gasteiger partial charge in [0.25, 0.3) is 0 Å². The quantitative estimate of drug-likeness (QED) is 0.785. The summed E-state index contributed by atoms with van der Waals surface area (Å²) < 4.78 is 5.58. The highest BCUT2D eigenvalue weighted by Crippen LogP contribution is 2.27. The Kier molecular flexibility index (Phi) is 4.12. The molecule has 1 saturated heterocycles. The van der Waals surface area contributed by atoms with E-state index in [4.69, 9.17) is 16.3 Å². The summed E-state index contributed by atoms with van der Waals surface area (Å²) in [6, 6.07) is 7.64. The number of amides is 1. The largest absolute Gasteiger partial charge is 0.491 e. The molecule has 1 aliphatic rings. The molecular weight excluding hydrogens is 250 g/mol. The molecule has 4 heteroatoms. The molecule has 0 bridgehead atoms. The van der Waals surface area contributed by atoms with Crippen LogP contribution in [0.25, 0.3) is 0 Å². The Balaban J connectivity index is 2.08. The number of benzene rings is 1. The molecule has 1 aliphatic heterocycles. The zero-order valence-corrected chi connectivity index (χ0v) is 11.5. The van der Waals surface area contributed by atoms with Gasteiger partial charge < -0.3 is 9.64 Å². The van der Waals surface area contributed by atoms with E-state index in [1.165, 1.54) is 0 Å². The second kappa shape index (κ2) is 5.61.